The maximum atomic E-state index is 12.5. The van der Waals surface area contributed by atoms with Gasteiger partial charge in [-0.15, -0.1) is 0 Å². The Morgan fingerprint density at radius 3 is 1.57 bits per heavy atom. The Morgan fingerprint density at radius 2 is 1.13 bits per heavy atom. The number of para-hydroxylation sites is 2. The first-order valence-electron chi connectivity index (χ1n) is 7.43. The van der Waals surface area contributed by atoms with E-state index in [-0.39, 0.29) is 11.5 Å². The van der Waals surface area contributed by atoms with Crippen molar-refractivity contribution in [2.75, 3.05) is 0 Å². The van der Waals surface area contributed by atoms with E-state index in [1.54, 1.807) is 0 Å². The fraction of sp³-hybridized carbons (Fsp3) is 0.111. The number of nitrogens with one attached hydrogen (secondary N) is 2. The number of hydrogen-bond donors (Lipinski definition) is 2. The van der Waals surface area contributed by atoms with Crippen LogP contribution in [-0.4, -0.2) is 18.4 Å². The molecule has 0 aliphatic carbocycles. The van der Waals surface area contributed by atoms with Gasteiger partial charge in [0.15, 0.2) is 9.84 Å². The molecule has 116 valence electrons. The summed E-state index contributed by atoms with van der Waals surface area (Å²) in [6.07, 6.45) is 0. The van der Waals surface area contributed by atoms with Crippen LogP contribution in [0.25, 0.3) is 21.8 Å². The summed E-state index contributed by atoms with van der Waals surface area (Å²) in [4.78, 5) is 6.35. The maximum absolute atomic E-state index is 12.5. The van der Waals surface area contributed by atoms with Gasteiger partial charge in [-0.25, -0.2) is 8.42 Å². The molecule has 4 aromatic rings. The standard InChI is InChI=1S/C18H16N2O2S/c21-23(22,11-15-9-13-5-1-3-7-17(13)19-15)12-16-10-14-6-2-4-8-18(14)20-16/h1-10,19-20H,11-12H2. The lowest BCUT2D eigenvalue weighted by molar-refractivity contribution is 0.593. The van der Waals surface area contributed by atoms with Crippen LogP contribution in [0.15, 0.2) is 60.7 Å². The summed E-state index contributed by atoms with van der Waals surface area (Å²) in [5.74, 6) is 0.0219. The summed E-state index contributed by atoms with van der Waals surface area (Å²) in [5.41, 5.74) is 3.37. The Hall–Kier alpha value is -2.53. The predicted molar refractivity (Wildman–Crippen MR) is 92.9 cm³/mol. The van der Waals surface area contributed by atoms with Crippen molar-refractivity contribution in [2.45, 2.75) is 11.5 Å². The first kappa shape index (κ1) is 14.1. The molecule has 2 heterocycles. The second-order valence-electron chi connectivity index (χ2n) is 5.80. The Kier molecular flexibility index (Phi) is 3.23. The smallest absolute Gasteiger partial charge is 0.161 e. The van der Waals surface area contributed by atoms with E-state index in [1.165, 1.54) is 0 Å². The summed E-state index contributed by atoms with van der Waals surface area (Å²) < 4.78 is 25.0. The zero-order valence-corrected chi connectivity index (χ0v) is 13.2. The van der Waals surface area contributed by atoms with Gasteiger partial charge in [0.1, 0.15) is 0 Å². The number of rotatable bonds is 4. The van der Waals surface area contributed by atoms with Gasteiger partial charge < -0.3 is 9.97 Å². The van der Waals surface area contributed by atoms with Gasteiger partial charge in [-0.05, 0) is 35.0 Å². The molecule has 2 N–H and O–H groups in total. The lowest BCUT2D eigenvalue weighted by Gasteiger charge is -2.01. The van der Waals surface area contributed by atoms with Gasteiger partial charge in [0, 0.05) is 22.4 Å². The van der Waals surface area contributed by atoms with Gasteiger partial charge in [0.2, 0.25) is 0 Å². The first-order valence-corrected chi connectivity index (χ1v) is 9.25. The number of hydrogen-bond acceptors (Lipinski definition) is 2. The highest BCUT2D eigenvalue weighted by Gasteiger charge is 2.16. The zero-order chi connectivity index (χ0) is 15.9. The lowest BCUT2D eigenvalue weighted by Crippen LogP contribution is -2.08. The zero-order valence-electron chi connectivity index (χ0n) is 12.4. The molecule has 0 atom stereocenters. The molecule has 4 nitrogen and oxygen atoms in total. The minimum Gasteiger partial charge on any atom is -0.358 e. The quantitative estimate of drug-likeness (QED) is 0.600. The number of fused-ring (bicyclic) bond motifs is 2. The molecule has 0 unspecified atom stereocenters. The van der Waals surface area contributed by atoms with Crippen molar-refractivity contribution < 1.29 is 8.42 Å². The molecule has 0 aliphatic heterocycles. The summed E-state index contributed by atoms with van der Waals surface area (Å²) >= 11 is 0. The van der Waals surface area contributed by atoms with Crippen molar-refractivity contribution in [1.29, 1.82) is 0 Å². The van der Waals surface area contributed by atoms with Crippen molar-refractivity contribution in [1.82, 2.24) is 9.97 Å². The van der Waals surface area contributed by atoms with E-state index in [0.717, 1.165) is 33.2 Å². The van der Waals surface area contributed by atoms with Crippen LogP contribution in [-0.2, 0) is 21.3 Å². The molecule has 0 saturated carbocycles. The monoisotopic (exact) mass is 324 g/mol. The summed E-state index contributed by atoms with van der Waals surface area (Å²) in [7, 11) is -3.25. The number of sulfone groups is 1. The van der Waals surface area contributed by atoms with Crippen molar-refractivity contribution >= 4 is 31.6 Å². The molecule has 0 fully saturated rings. The molecule has 2 aromatic carbocycles. The molecule has 0 radical (unpaired) electrons. The third-order valence-electron chi connectivity index (χ3n) is 3.92. The van der Waals surface area contributed by atoms with E-state index in [9.17, 15) is 8.42 Å². The Balaban J connectivity index is 1.59. The normalized spacial score (nSPS) is 12.2. The van der Waals surface area contributed by atoms with Crippen molar-refractivity contribution in [3.05, 3.63) is 72.1 Å². The summed E-state index contributed by atoms with van der Waals surface area (Å²) in [6, 6.07) is 19.4. The number of H-pyrrole nitrogens is 2. The average Bonchev–Trinajstić information content (AvgIpc) is 3.07. The van der Waals surface area contributed by atoms with Gasteiger partial charge in [0.25, 0.3) is 0 Å². The highest BCUT2D eigenvalue weighted by Crippen LogP contribution is 2.20. The molecular formula is C18H16N2O2S. The topological polar surface area (TPSA) is 65.7 Å². The fourth-order valence-corrected chi connectivity index (χ4v) is 4.31. The van der Waals surface area contributed by atoms with Crippen LogP contribution in [0.3, 0.4) is 0 Å². The van der Waals surface area contributed by atoms with Crippen molar-refractivity contribution in [3.63, 3.8) is 0 Å². The third kappa shape index (κ3) is 2.87. The molecule has 4 rings (SSSR count). The fourth-order valence-electron chi connectivity index (χ4n) is 2.95. The van der Waals surface area contributed by atoms with E-state index < -0.39 is 9.84 Å². The van der Waals surface area contributed by atoms with Gasteiger partial charge in [0.05, 0.1) is 11.5 Å². The summed E-state index contributed by atoms with van der Waals surface area (Å²) in [5, 5.41) is 2.06. The van der Waals surface area contributed by atoms with E-state index in [1.807, 2.05) is 60.7 Å². The molecule has 5 heteroatoms. The molecular weight excluding hydrogens is 308 g/mol. The molecule has 0 aliphatic rings. The number of aromatic nitrogens is 2. The average molecular weight is 324 g/mol. The van der Waals surface area contributed by atoms with Crippen LogP contribution in [0.4, 0.5) is 0 Å². The molecule has 0 amide bonds. The highest BCUT2D eigenvalue weighted by atomic mass is 32.2. The second kappa shape index (κ2) is 5.28. The van der Waals surface area contributed by atoms with Crippen LogP contribution in [0.5, 0.6) is 0 Å². The van der Waals surface area contributed by atoms with E-state index in [4.69, 9.17) is 0 Å². The highest BCUT2D eigenvalue weighted by molar-refractivity contribution is 7.89. The SMILES string of the molecule is O=S(=O)(Cc1cc2ccccc2[nH]1)Cc1cc2ccccc2[nH]1. The van der Waals surface area contributed by atoms with Gasteiger partial charge in [-0.3, -0.25) is 0 Å². The molecule has 2 aromatic heterocycles. The van der Waals surface area contributed by atoms with Gasteiger partial charge in [-0.1, -0.05) is 36.4 Å². The Bertz CT molecular complexity index is 942. The van der Waals surface area contributed by atoms with Crippen LogP contribution >= 0.6 is 0 Å². The Morgan fingerprint density at radius 1 is 0.696 bits per heavy atom. The third-order valence-corrected chi connectivity index (χ3v) is 5.42. The lowest BCUT2D eigenvalue weighted by atomic mass is 10.2. The van der Waals surface area contributed by atoms with Crippen LogP contribution in [0.1, 0.15) is 11.4 Å². The van der Waals surface area contributed by atoms with E-state index in [0.29, 0.717) is 0 Å². The second-order valence-corrected chi connectivity index (χ2v) is 7.86. The maximum Gasteiger partial charge on any atom is 0.161 e. The van der Waals surface area contributed by atoms with Crippen molar-refractivity contribution in [3.8, 4) is 0 Å². The first-order chi connectivity index (χ1) is 11.1. The Labute approximate surface area is 134 Å². The predicted octanol–water partition coefficient (Wildman–Crippen LogP) is 3.76. The molecule has 23 heavy (non-hydrogen) atoms. The van der Waals surface area contributed by atoms with E-state index in [2.05, 4.69) is 9.97 Å². The van der Waals surface area contributed by atoms with Crippen molar-refractivity contribution in [2.24, 2.45) is 0 Å². The summed E-state index contributed by atoms with van der Waals surface area (Å²) in [6.45, 7) is 0. The molecule has 0 bridgehead atoms. The van der Waals surface area contributed by atoms with Gasteiger partial charge >= 0.3 is 0 Å². The van der Waals surface area contributed by atoms with E-state index >= 15 is 0 Å². The van der Waals surface area contributed by atoms with Gasteiger partial charge in [-0.2, -0.15) is 0 Å². The van der Waals surface area contributed by atoms with Crippen LogP contribution < -0.4 is 0 Å². The van der Waals surface area contributed by atoms with Crippen LogP contribution in [0.2, 0.25) is 0 Å². The number of benzene rings is 2. The molecule has 0 saturated heterocycles. The molecule has 0 spiro atoms. The largest absolute Gasteiger partial charge is 0.358 e. The van der Waals surface area contributed by atoms with Crippen LogP contribution in [0, 0.1) is 0 Å². The minimum absolute atomic E-state index is 0.0110. The number of aromatic amines is 2. The minimum atomic E-state index is -3.25.